The molecular weight excluding hydrogens is 332 g/mol. The number of ether oxygens (including phenoxy) is 2. The number of hydrogen-bond donors (Lipinski definition) is 0. The first-order chi connectivity index (χ1) is 12.7. The van der Waals surface area contributed by atoms with Crippen LogP contribution >= 0.6 is 0 Å². The zero-order valence-electron chi connectivity index (χ0n) is 14.9. The highest BCUT2D eigenvalue weighted by atomic mass is 16.7. The van der Waals surface area contributed by atoms with Gasteiger partial charge in [-0.1, -0.05) is 12.5 Å². The van der Waals surface area contributed by atoms with Crippen molar-refractivity contribution in [3.05, 3.63) is 23.8 Å². The number of carbonyl (C=O) groups excluding carboxylic acids is 2. The molecule has 0 N–H and O–H groups in total. The Morgan fingerprint density at radius 2 is 1.62 bits per heavy atom. The van der Waals surface area contributed by atoms with Gasteiger partial charge in [-0.25, -0.2) is 0 Å². The molecule has 0 bridgehead atoms. The molecule has 26 heavy (non-hydrogen) atoms. The van der Waals surface area contributed by atoms with E-state index in [9.17, 15) is 9.59 Å². The van der Waals surface area contributed by atoms with Crippen LogP contribution in [0, 0.1) is 11.8 Å². The molecule has 5 rings (SSSR count). The van der Waals surface area contributed by atoms with Gasteiger partial charge in [-0.05, 0) is 42.9 Å². The maximum atomic E-state index is 12.8. The zero-order chi connectivity index (χ0) is 17.7. The minimum absolute atomic E-state index is 0.0734. The van der Waals surface area contributed by atoms with Crippen molar-refractivity contribution in [1.29, 1.82) is 0 Å². The number of piperazine rings is 1. The third-order valence-electron chi connectivity index (χ3n) is 6.29. The Morgan fingerprint density at radius 3 is 2.31 bits per heavy atom. The van der Waals surface area contributed by atoms with Crippen molar-refractivity contribution in [2.75, 3.05) is 33.0 Å². The average Bonchev–Trinajstić information content (AvgIpc) is 3.29. The molecule has 2 saturated carbocycles. The maximum Gasteiger partial charge on any atom is 0.231 e. The fourth-order valence-corrected chi connectivity index (χ4v) is 4.28. The lowest BCUT2D eigenvalue weighted by Gasteiger charge is -2.38. The van der Waals surface area contributed by atoms with Gasteiger partial charge >= 0.3 is 0 Å². The summed E-state index contributed by atoms with van der Waals surface area (Å²) in [6.45, 7) is 2.98. The fourth-order valence-electron chi connectivity index (χ4n) is 4.28. The van der Waals surface area contributed by atoms with Crippen LogP contribution in [0.15, 0.2) is 18.2 Å². The molecule has 0 spiro atoms. The summed E-state index contributed by atoms with van der Waals surface area (Å²) in [6.07, 6.45) is 4.16. The van der Waals surface area contributed by atoms with Gasteiger partial charge in [0.25, 0.3) is 0 Å². The van der Waals surface area contributed by atoms with Crippen molar-refractivity contribution in [3.63, 3.8) is 0 Å². The van der Waals surface area contributed by atoms with Crippen LogP contribution < -0.4 is 9.47 Å². The van der Waals surface area contributed by atoms with Gasteiger partial charge in [0.1, 0.15) is 0 Å². The molecule has 2 atom stereocenters. The SMILES string of the molecule is O=C(C1CCC1)N1CCN(C(=O)C2CC2c2ccc3c(c2)OCO3)CC1. The highest BCUT2D eigenvalue weighted by molar-refractivity contribution is 5.84. The molecule has 6 heteroatoms. The molecule has 2 unspecified atom stereocenters. The van der Waals surface area contributed by atoms with E-state index in [2.05, 4.69) is 0 Å². The third-order valence-corrected chi connectivity index (χ3v) is 6.29. The van der Waals surface area contributed by atoms with Crippen LogP contribution in [0.25, 0.3) is 0 Å². The van der Waals surface area contributed by atoms with Crippen LogP contribution in [0.2, 0.25) is 0 Å². The summed E-state index contributed by atoms with van der Waals surface area (Å²) in [5.74, 6) is 2.71. The number of fused-ring (bicyclic) bond motifs is 1. The van der Waals surface area contributed by atoms with E-state index in [1.807, 2.05) is 28.0 Å². The number of amides is 2. The number of hydrogen-bond acceptors (Lipinski definition) is 4. The molecule has 2 amide bonds. The molecule has 1 aromatic carbocycles. The number of carbonyl (C=O) groups is 2. The van der Waals surface area contributed by atoms with Crippen LogP contribution in [0.4, 0.5) is 0 Å². The quantitative estimate of drug-likeness (QED) is 0.831. The maximum absolute atomic E-state index is 12.8. The van der Waals surface area contributed by atoms with Crippen molar-refractivity contribution in [2.45, 2.75) is 31.6 Å². The van der Waals surface area contributed by atoms with E-state index < -0.39 is 0 Å². The molecule has 0 aromatic heterocycles. The molecular formula is C20H24N2O4. The van der Waals surface area contributed by atoms with Gasteiger partial charge in [-0.3, -0.25) is 9.59 Å². The molecule has 1 aromatic rings. The van der Waals surface area contributed by atoms with Gasteiger partial charge in [0.15, 0.2) is 11.5 Å². The Balaban J connectivity index is 1.16. The van der Waals surface area contributed by atoms with E-state index in [1.165, 1.54) is 6.42 Å². The molecule has 2 heterocycles. The highest BCUT2D eigenvalue weighted by Crippen LogP contribution is 2.50. The van der Waals surface area contributed by atoms with Crippen molar-refractivity contribution in [1.82, 2.24) is 9.80 Å². The zero-order valence-corrected chi connectivity index (χ0v) is 14.9. The standard InChI is InChI=1S/C20H24N2O4/c23-19(13-2-1-3-13)21-6-8-22(9-7-21)20(24)16-11-15(16)14-4-5-17-18(10-14)26-12-25-17/h4-5,10,13,15-16H,1-3,6-9,11-12H2. The summed E-state index contributed by atoms with van der Waals surface area (Å²) >= 11 is 0. The summed E-state index contributed by atoms with van der Waals surface area (Å²) in [6, 6.07) is 5.98. The van der Waals surface area contributed by atoms with E-state index in [1.54, 1.807) is 0 Å². The van der Waals surface area contributed by atoms with E-state index in [0.717, 1.165) is 36.3 Å². The van der Waals surface area contributed by atoms with Gasteiger partial charge < -0.3 is 19.3 Å². The first-order valence-corrected chi connectivity index (χ1v) is 9.68. The molecule has 138 valence electrons. The number of benzene rings is 1. The lowest BCUT2D eigenvalue weighted by molar-refractivity contribution is -0.144. The minimum atomic E-state index is 0.0734. The summed E-state index contributed by atoms with van der Waals surface area (Å²) in [4.78, 5) is 29.1. The van der Waals surface area contributed by atoms with E-state index in [-0.39, 0.29) is 30.5 Å². The monoisotopic (exact) mass is 356 g/mol. The van der Waals surface area contributed by atoms with Crippen molar-refractivity contribution in [2.24, 2.45) is 11.8 Å². The Morgan fingerprint density at radius 1 is 0.923 bits per heavy atom. The molecule has 2 aliphatic heterocycles. The lowest BCUT2D eigenvalue weighted by atomic mass is 9.84. The Kier molecular flexibility index (Phi) is 3.80. The second-order valence-electron chi connectivity index (χ2n) is 7.84. The predicted octanol–water partition coefficient (Wildman–Crippen LogP) is 1.99. The van der Waals surface area contributed by atoms with E-state index >= 15 is 0 Å². The normalized spacial score (nSPS) is 27.2. The Labute approximate surface area is 153 Å². The first-order valence-electron chi connectivity index (χ1n) is 9.68. The van der Waals surface area contributed by atoms with Gasteiger partial charge in [0.05, 0.1) is 0 Å². The Bertz CT molecular complexity index is 737. The highest BCUT2D eigenvalue weighted by Gasteiger charge is 2.46. The van der Waals surface area contributed by atoms with Crippen molar-refractivity contribution < 1.29 is 19.1 Å². The van der Waals surface area contributed by atoms with Gasteiger partial charge in [0, 0.05) is 38.0 Å². The molecule has 1 saturated heterocycles. The smallest absolute Gasteiger partial charge is 0.231 e. The second kappa shape index (κ2) is 6.18. The molecule has 0 radical (unpaired) electrons. The average molecular weight is 356 g/mol. The van der Waals surface area contributed by atoms with Crippen LogP contribution in [0.5, 0.6) is 11.5 Å². The van der Waals surface area contributed by atoms with Crippen molar-refractivity contribution >= 4 is 11.8 Å². The predicted molar refractivity (Wildman–Crippen MR) is 93.9 cm³/mol. The fraction of sp³-hybridized carbons (Fsp3) is 0.600. The van der Waals surface area contributed by atoms with Gasteiger partial charge in [-0.15, -0.1) is 0 Å². The lowest BCUT2D eigenvalue weighted by Crippen LogP contribution is -2.53. The second-order valence-corrected chi connectivity index (χ2v) is 7.84. The first kappa shape index (κ1) is 16.0. The number of rotatable bonds is 3. The molecule has 3 fully saturated rings. The summed E-state index contributed by atoms with van der Waals surface area (Å²) < 4.78 is 10.8. The van der Waals surface area contributed by atoms with Gasteiger partial charge in [-0.2, -0.15) is 0 Å². The van der Waals surface area contributed by atoms with Crippen molar-refractivity contribution in [3.8, 4) is 11.5 Å². The van der Waals surface area contributed by atoms with E-state index in [0.29, 0.717) is 32.1 Å². The van der Waals surface area contributed by atoms with Crippen LogP contribution in [0.1, 0.15) is 37.2 Å². The van der Waals surface area contributed by atoms with Crippen LogP contribution in [-0.4, -0.2) is 54.6 Å². The summed E-state index contributed by atoms with van der Waals surface area (Å²) in [7, 11) is 0. The van der Waals surface area contributed by atoms with E-state index in [4.69, 9.17) is 9.47 Å². The minimum Gasteiger partial charge on any atom is -0.454 e. The molecule has 2 aliphatic carbocycles. The third kappa shape index (κ3) is 2.72. The van der Waals surface area contributed by atoms with Gasteiger partial charge in [0.2, 0.25) is 18.6 Å². The summed E-state index contributed by atoms with van der Waals surface area (Å²) in [5, 5.41) is 0. The van der Waals surface area contributed by atoms with Crippen LogP contribution in [-0.2, 0) is 9.59 Å². The largest absolute Gasteiger partial charge is 0.454 e. The number of nitrogens with zero attached hydrogens (tertiary/aromatic N) is 2. The molecule has 6 nitrogen and oxygen atoms in total. The van der Waals surface area contributed by atoms with Crippen LogP contribution in [0.3, 0.4) is 0 Å². The summed E-state index contributed by atoms with van der Waals surface area (Å²) in [5.41, 5.74) is 1.16. The molecule has 4 aliphatic rings. The topological polar surface area (TPSA) is 59.1 Å². The Hall–Kier alpha value is -2.24.